The predicted molar refractivity (Wildman–Crippen MR) is 112 cm³/mol. The molecule has 0 amide bonds. The number of allylic oxidation sites excluding steroid dienone is 6. The minimum Gasteiger partial charge on any atom is -0.486 e. The van der Waals surface area contributed by atoms with Crippen molar-refractivity contribution in [1.82, 2.24) is 0 Å². The second-order valence-corrected chi connectivity index (χ2v) is 10.2. The summed E-state index contributed by atoms with van der Waals surface area (Å²) >= 11 is 0. The molecular formula is C25H34O3. The molecule has 0 spiro atoms. The third-order valence-electron chi connectivity index (χ3n) is 7.60. The molecule has 1 saturated heterocycles. The number of fused-ring (bicyclic) bond motifs is 3. The Kier molecular flexibility index (Phi) is 4.73. The molecule has 0 aromatic carbocycles. The van der Waals surface area contributed by atoms with Gasteiger partial charge in [0.2, 0.25) is 0 Å². The molecule has 28 heavy (non-hydrogen) atoms. The van der Waals surface area contributed by atoms with Gasteiger partial charge in [-0.05, 0) is 99.5 Å². The van der Waals surface area contributed by atoms with E-state index in [0.717, 1.165) is 49.7 Å². The lowest BCUT2D eigenvalue weighted by molar-refractivity contribution is -0.105. The van der Waals surface area contributed by atoms with E-state index in [4.69, 9.17) is 4.74 Å². The second kappa shape index (κ2) is 6.73. The van der Waals surface area contributed by atoms with Gasteiger partial charge in [0.15, 0.2) is 0 Å². The summed E-state index contributed by atoms with van der Waals surface area (Å²) in [7, 11) is 0. The van der Waals surface area contributed by atoms with E-state index in [2.05, 4.69) is 45.9 Å². The molecule has 1 N–H and O–H groups in total. The number of rotatable bonds is 2. The standard InChI is InChI=1S/C25H34O3/c1-15(2)10-18-11-16(3)23-20-7-6-17(14-26)19-8-9-25(5,27)21(19)12-24(20,4)13-22(23)28-18/h6,10,13-14,16,18-19,21,27H,7-9,11-12H2,1-5H3. The molecule has 3 heteroatoms. The van der Waals surface area contributed by atoms with E-state index in [9.17, 15) is 9.90 Å². The fraction of sp³-hybridized carbons (Fsp3) is 0.640. The van der Waals surface area contributed by atoms with Crippen LogP contribution in [-0.2, 0) is 9.53 Å². The summed E-state index contributed by atoms with van der Waals surface area (Å²) in [4.78, 5) is 11.8. The van der Waals surface area contributed by atoms with Crippen molar-refractivity contribution in [2.24, 2.45) is 23.2 Å². The highest BCUT2D eigenvalue weighted by atomic mass is 16.5. The monoisotopic (exact) mass is 382 g/mol. The van der Waals surface area contributed by atoms with Gasteiger partial charge in [-0.3, -0.25) is 4.79 Å². The first kappa shape index (κ1) is 19.7. The lowest BCUT2D eigenvalue weighted by Crippen LogP contribution is -2.37. The summed E-state index contributed by atoms with van der Waals surface area (Å²) in [6.07, 6.45) is 12.2. The van der Waals surface area contributed by atoms with Crippen molar-refractivity contribution in [3.8, 4) is 0 Å². The molecule has 2 fully saturated rings. The Morgan fingerprint density at radius 1 is 1.32 bits per heavy atom. The summed E-state index contributed by atoms with van der Waals surface area (Å²) in [5.74, 6) is 1.75. The van der Waals surface area contributed by atoms with Crippen LogP contribution in [0.1, 0.15) is 66.7 Å². The number of carbonyl (C=O) groups is 1. The summed E-state index contributed by atoms with van der Waals surface area (Å²) in [6.45, 7) is 10.8. The number of aldehydes is 1. The predicted octanol–water partition coefficient (Wildman–Crippen LogP) is 5.27. The highest BCUT2D eigenvalue weighted by molar-refractivity contribution is 5.74. The highest BCUT2D eigenvalue weighted by Gasteiger charge is 2.51. The fourth-order valence-corrected chi connectivity index (χ4v) is 6.22. The minimum absolute atomic E-state index is 0.103. The lowest BCUT2D eigenvalue weighted by Gasteiger charge is -2.39. The number of carbonyl (C=O) groups excluding carboxylic acids is 1. The maximum atomic E-state index is 11.8. The van der Waals surface area contributed by atoms with E-state index in [0.29, 0.717) is 5.92 Å². The van der Waals surface area contributed by atoms with Crippen molar-refractivity contribution >= 4 is 6.29 Å². The molecule has 1 aliphatic heterocycles. The zero-order valence-corrected chi connectivity index (χ0v) is 17.9. The first-order chi connectivity index (χ1) is 13.1. The molecule has 0 aromatic heterocycles. The molecule has 0 bridgehead atoms. The van der Waals surface area contributed by atoms with Crippen molar-refractivity contribution in [3.63, 3.8) is 0 Å². The SMILES string of the molecule is CC(C)=CC1CC(C)C2=C3CC=C(C=O)C4CCC(C)(O)C4CC3(C)C=C2O1. The first-order valence-electron chi connectivity index (χ1n) is 10.8. The normalized spacial score (nSPS) is 42.2. The van der Waals surface area contributed by atoms with E-state index in [1.54, 1.807) is 0 Å². The average Bonchev–Trinajstić information content (AvgIpc) is 3.01. The third kappa shape index (κ3) is 3.12. The van der Waals surface area contributed by atoms with Crippen LogP contribution in [0.2, 0.25) is 0 Å². The Morgan fingerprint density at radius 3 is 2.75 bits per heavy atom. The van der Waals surface area contributed by atoms with Crippen LogP contribution in [0.5, 0.6) is 0 Å². The first-order valence-corrected chi connectivity index (χ1v) is 10.8. The molecule has 0 radical (unpaired) electrons. The molecule has 1 heterocycles. The third-order valence-corrected chi connectivity index (χ3v) is 7.60. The van der Waals surface area contributed by atoms with Crippen LogP contribution < -0.4 is 0 Å². The topological polar surface area (TPSA) is 46.5 Å². The van der Waals surface area contributed by atoms with Gasteiger partial charge >= 0.3 is 0 Å². The molecule has 4 rings (SSSR count). The summed E-state index contributed by atoms with van der Waals surface area (Å²) in [5, 5.41) is 11.1. The quantitative estimate of drug-likeness (QED) is 0.522. The van der Waals surface area contributed by atoms with E-state index in [1.807, 2.05) is 6.92 Å². The zero-order chi connectivity index (χ0) is 20.3. The van der Waals surface area contributed by atoms with Gasteiger partial charge in [0.05, 0.1) is 5.60 Å². The second-order valence-electron chi connectivity index (χ2n) is 10.2. The molecule has 4 aliphatic rings. The Hall–Kier alpha value is -1.61. The largest absolute Gasteiger partial charge is 0.486 e. The van der Waals surface area contributed by atoms with Gasteiger partial charge in [-0.2, -0.15) is 0 Å². The van der Waals surface area contributed by atoms with Crippen molar-refractivity contribution in [3.05, 3.63) is 46.3 Å². The van der Waals surface area contributed by atoms with Crippen LogP contribution in [0.3, 0.4) is 0 Å². The van der Waals surface area contributed by atoms with Gasteiger partial charge in [0.1, 0.15) is 18.1 Å². The summed E-state index contributed by atoms with van der Waals surface area (Å²) in [5.41, 5.74) is 4.09. The van der Waals surface area contributed by atoms with Gasteiger partial charge in [0, 0.05) is 5.41 Å². The fourth-order valence-electron chi connectivity index (χ4n) is 6.22. The maximum absolute atomic E-state index is 11.8. The number of aliphatic hydroxyl groups is 1. The van der Waals surface area contributed by atoms with E-state index in [1.165, 1.54) is 16.7 Å². The Bertz CT molecular complexity index is 806. The van der Waals surface area contributed by atoms with E-state index < -0.39 is 5.60 Å². The molecule has 0 aromatic rings. The van der Waals surface area contributed by atoms with Crippen molar-refractivity contribution in [2.45, 2.75) is 78.4 Å². The van der Waals surface area contributed by atoms with Gasteiger partial charge in [-0.15, -0.1) is 0 Å². The van der Waals surface area contributed by atoms with Crippen molar-refractivity contribution in [2.75, 3.05) is 0 Å². The number of hydrogen-bond acceptors (Lipinski definition) is 3. The minimum atomic E-state index is -0.716. The van der Waals surface area contributed by atoms with E-state index >= 15 is 0 Å². The number of hydrogen-bond donors (Lipinski definition) is 1. The molecule has 3 aliphatic carbocycles. The van der Waals surface area contributed by atoms with Crippen LogP contribution in [0.25, 0.3) is 0 Å². The molecule has 152 valence electrons. The molecular weight excluding hydrogens is 348 g/mol. The molecule has 3 nitrogen and oxygen atoms in total. The highest BCUT2D eigenvalue weighted by Crippen LogP contribution is 2.57. The maximum Gasteiger partial charge on any atom is 0.146 e. The Labute approximate surface area is 169 Å². The van der Waals surface area contributed by atoms with Gasteiger partial charge in [-0.25, -0.2) is 0 Å². The van der Waals surface area contributed by atoms with Crippen LogP contribution >= 0.6 is 0 Å². The van der Waals surface area contributed by atoms with Crippen LogP contribution in [0.4, 0.5) is 0 Å². The average molecular weight is 383 g/mol. The number of ether oxygens (including phenoxy) is 1. The van der Waals surface area contributed by atoms with Crippen LogP contribution in [-0.4, -0.2) is 23.1 Å². The molecule has 6 atom stereocenters. The van der Waals surface area contributed by atoms with Crippen molar-refractivity contribution < 1.29 is 14.6 Å². The Balaban J connectivity index is 1.78. The van der Waals surface area contributed by atoms with Crippen molar-refractivity contribution in [1.29, 1.82) is 0 Å². The smallest absolute Gasteiger partial charge is 0.146 e. The van der Waals surface area contributed by atoms with E-state index in [-0.39, 0.29) is 23.4 Å². The van der Waals surface area contributed by atoms with Gasteiger partial charge in [-0.1, -0.05) is 25.5 Å². The van der Waals surface area contributed by atoms with Crippen LogP contribution in [0, 0.1) is 23.2 Å². The zero-order valence-electron chi connectivity index (χ0n) is 17.9. The molecule has 1 saturated carbocycles. The van der Waals surface area contributed by atoms with Crippen LogP contribution in [0.15, 0.2) is 46.3 Å². The molecule has 6 unspecified atom stereocenters. The Morgan fingerprint density at radius 2 is 2.07 bits per heavy atom. The summed E-state index contributed by atoms with van der Waals surface area (Å²) < 4.78 is 6.42. The van der Waals surface area contributed by atoms with Gasteiger partial charge < -0.3 is 9.84 Å². The van der Waals surface area contributed by atoms with Gasteiger partial charge in [0.25, 0.3) is 0 Å². The summed E-state index contributed by atoms with van der Waals surface area (Å²) in [6, 6.07) is 0. The lowest BCUT2D eigenvalue weighted by atomic mass is 9.66.